The largest absolute Gasteiger partial charge is 0.450 e. The van der Waals surface area contributed by atoms with E-state index in [0.717, 1.165) is 45.7 Å². The summed E-state index contributed by atoms with van der Waals surface area (Å²) in [5.41, 5.74) is 0.888. The summed E-state index contributed by atoms with van der Waals surface area (Å²) >= 11 is 0. The third kappa shape index (κ3) is 2.49. The molecule has 0 radical (unpaired) electrons. The second-order valence-corrected chi connectivity index (χ2v) is 10.8. The van der Waals surface area contributed by atoms with Crippen LogP contribution in [0.2, 0.25) is 0 Å². The molecule has 1 unspecified atom stereocenters. The van der Waals surface area contributed by atoms with Crippen molar-refractivity contribution in [2.24, 2.45) is 28.6 Å². The minimum Gasteiger partial charge on any atom is -0.450 e. The Morgan fingerprint density at radius 1 is 0.964 bits per heavy atom. The van der Waals surface area contributed by atoms with Crippen molar-refractivity contribution in [3.05, 3.63) is 0 Å². The molecule has 6 aliphatic rings. The first-order valence-electron chi connectivity index (χ1n) is 11.5. The first-order chi connectivity index (χ1) is 13.5. The van der Waals surface area contributed by atoms with E-state index in [0.29, 0.717) is 47.1 Å². The van der Waals surface area contributed by atoms with Gasteiger partial charge in [0, 0.05) is 56.6 Å². The molecule has 3 saturated heterocycles. The Morgan fingerprint density at radius 2 is 1.64 bits per heavy atom. The van der Waals surface area contributed by atoms with Gasteiger partial charge in [-0.2, -0.15) is 0 Å². The molecule has 0 N–H and O–H groups in total. The lowest BCUT2D eigenvalue weighted by molar-refractivity contribution is -0.152. The minimum absolute atomic E-state index is 0.138. The molecule has 0 bridgehead atoms. The summed E-state index contributed by atoms with van der Waals surface area (Å²) in [6.07, 6.45) is 7.48. The fourth-order valence-electron chi connectivity index (χ4n) is 7.18. The zero-order valence-corrected chi connectivity index (χ0v) is 17.1. The average molecular weight is 388 g/mol. The van der Waals surface area contributed by atoms with E-state index in [1.807, 2.05) is 11.8 Å². The average Bonchev–Trinajstić information content (AvgIpc) is 2.95. The van der Waals surface area contributed by atoms with Crippen molar-refractivity contribution < 1.29 is 14.3 Å². The molecule has 2 amide bonds. The fraction of sp³-hybridized carbons (Fsp3) is 0.909. The highest BCUT2D eigenvalue weighted by Crippen LogP contribution is 2.58. The van der Waals surface area contributed by atoms with Crippen LogP contribution in [0.25, 0.3) is 0 Å². The molecule has 6 fully saturated rings. The van der Waals surface area contributed by atoms with Crippen molar-refractivity contribution in [3.63, 3.8) is 0 Å². The van der Waals surface area contributed by atoms with Gasteiger partial charge in [0.2, 0.25) is 5.91 Å². The SMILES string of the molecule is CCOC(=O)N1CCC2(CC(N3C[C@@H]4C(C(=O)N5CC6(CCC6)C5)[C@@H]4C3)C2)C1. The van der Waals surface area contributed by atoms with Crippen molar-refractivity contribution in [3.8, 4) is 0 Å². The molecule has 6 nitrogen and oxygen atoms in total. The van der Waals surface area contributed by atoms with Gasteiger partial charge in [0.25, 0.3) is 0 Å². The van der Waals surface area contributed by atoms with Gasteiger partial charge in [-0.3, -0.25) is 9.69 Å². The number of fused-ring (bicyclic) bond motifs is 1. The summed E-state index contributed by atoms with van der Waals surface area (Å²) in [7, 11) is 0. The van der Waals surface area contributed by atoms with Crippen LogP contribution in [0, 0.1) is 28.6 Å². The maximum absolute atomic E-state index is 12.8. The number of piperidine rings is 1. The zero-order valence-electron chi connectivity index (χ0n) is 17.1. The molecule has 3 atom stereocenters. The van der Waals surface area contributed by atoms with Gasteiger partial charge in [-0.05, 0) is 56.3 Å². The van der Waals surface area contributed by atoms with Crippen LogP contribution in [-0.4, -0.2) is 78.6 Å². The monoisotopic (exact) mass is 387 g/mol. The van der Waals surface area contributed by atoms with Gasteiger partial charge in [-0.15, -0.1) is 0 Å². The lowest BCUT2D eigenvalue weighted by Gasteiger charge is -2.56. The standard InChI is InChI=1S/C22H33N3O3/c1-2-28-20(27)23-7-6-22(14-23)8-15(9-22)24-10-16-17(11-24)18(16)19(26)25-12-21(13-25)4-3-5-21/h15-18H,2-14H2,1H3/t15?,16-,17+,18?,22?. The number of likely N-dealkylation sites (tertiary alicyclic amines) is 3. The molecule has 2 spiro atoms. The molecule has 6 heteroatoms. The summed E-state index contributed by atoms with van der Waals surface area (Å²) in [5.74, 6) is 2.06. The summed E-state index contributed by atoms with van der Waals surface area (Å²) in [5, 5.41) is 0. The van der Waals surface area contributed by atoms with Crippen LogP contribution in [0.3, 0.4) is 0 Å². The fourth-order valence-corrected chi connectivity index (χ4v) is 7.18. The van der Waals surface area contributed by atoms with Crippen molar-refractivity contribution in [2.75, 3.05) is 45.9 Å². The topological polar surface area (TPSA) is 53.1 Å². The molecule has 3 heterocycles. The lowest BCUT2D eigenvalue weighted by Crippen LogP contribution is -2.62. The second kappa shape index (κ2) is 5.87. The summed E-state index contributed by atoms with van der Waals surface area (Å²) in [6.45, 7) is 8.41. The molecule has 3 aliphatic heterocycles. The van der Waals surface area contributed by atoms with E-state index in [4.69, 9.17) is 4.74 Å². The Balaban J connectivity index is 0.962. The number of rotatable bonds is 3. The second-order valence-electron chi connectivity index (χ2n) is 10.8. The van der Waals surface area contributed by atoms with E-state index in [1.165, 1.54) is 32.1 Å². The molecular formula is C22H33N3O3. The maximum atomic E-state index is 12.8. The molecule has 0 aromatic heterocycles. The summed E-state index contributed by atoms with van der Waals surface area (Å²) < 4.78 is 5.17. The Morgan fingerprint density at radius 3 is 2.25 bits per heavy atom. The van der Waals surface area contributed by atoms with Crippen LogP contribution >= 0.6 is 0 Å². The van der Waals surface area contributed by atoms with E-state index in [2.05, 4.69) is 9.80 Å². The molecule has 3 aliphatic carbocycles. The predicted octanol–water partition coefficient (Wildman–Crippen LogP) is 2.19. The predicted molar refractivity (Wildman–Crippen MR) is 104 cm³/mol. The third-order valence-electron chi connectivity index (χ3n) is 9.10. The van der Waals surface area contributed by atoms with E-state index in [1.54, 1.807) is 0 Å². The number of ether oxygens (including phenoxy) is 1. The van der Waals surface area contributed by atoms with E-state index >= 15 is 0 Å². The van der Waals surface area contributed by atoms with Gasteiger partial charge >= 0.3 is 6.09 Å². The van der Waals surface area contributed by atoms with Crippen molar-refractivity contribution in [1.82, 2.24) is 14.7 Å². The zero-order chi connectivity index (χ0) is 19.1. The van der Waals surface area contributed by atoms with Gasteiger partial charge in [0.15, 0.2) is 0 Å². The summed E-state index contributed by atoms with van der Waals surface area (Å²) in [6, 6.07) is 0.674. The normalized spacial score (nSPS) is 42.8. The maximum Gasteiger partial charge on any atom is 0.409 e. The van der Waals surface area contributed by atoms with E-state index in [-0.39, 0.29) is 6.09 Å². The quantitative estimate of drug-likeness (QED) is 0.745. The molecule has 0 aromatic carbocycles. The lowest BCUT2D eigenvalue weighted by atomic mass is 9.63. The number of hydrogen-bond donors (Lipinski definition) is 0. The highest BCUT2D eigenvalue weighted by molar-refractivity contribution is 5.83. The number of nitrogens with zero attached hydrogens (tertiary/aromatic N) is 3. The third-order valence-corrected chi connectivity index (χ3v) is 9.10. The Kier molecular flexibility index (Phi) is 3.68. The van der Waals surface area contributed by atoms with Gasteiger partial charge in [-0.1, -0.05) is 6.42 Å². The Hall–Kier alpha value is -1.30. The Bertz CT molecular complexity index is 679. The van der Waals surface area contributed by atoms with E-state index < -0.39 is 0 Å². The van der Waals surface area contributed by atoms with Gasteiger partial charge < -0.3 is 14.5 Å². The molecule has 28 heavy (non-hydrogen) atoms. The van der Waals surface area contributed by atoms with Crippen LogP contribution in [-0.2, 0) is 9.53 Å². The highest BCUT2D eigenvalue weighted by atomic mass is 16.6. The van der Waals surface area contributed by atoms with Crippen LogP contribution in [0.5, 0.6) is 0 Å². The minimum atomic E-state index is -0.138. The van der Waals surface area contributed by atoms with Gasteiger partial charge in [0.1, 0.15) is 0 Å². The van der Waals surface area contributed by atoms with Crippen LogP contribution < -0.4 is 0 Å². The highest BCUT2D eigenvalue weighted by Gasteiger charge is 2.64. The van der Waals surface area contributed by atoms with Crippen LogP contribution in [0.4, 0.5) is 4.79 Å². The van der Waals surface area contributed by atoms with Gasteiger partial charge in [0.05, 0.1) is 6.61 Å². The number of carbonyl (C=O) groups is 2. The molecular weight excluding hydrogens is 354 g/mol. The van der Waals surface area contributed by atoms with E-state index in [9.17, 15) is 9.59 Å². The number of hydrogen-bond acceptors (Lipinski definition) is 4. The number of amides is 2. The molecule has 3 saturated carbocycles. The summed E-state index contributed by atoms with van der Waals surface area (Å²) in [4.78, 5) is 31.5. The van der Waals surface area contributed by atoms with Gasteiger partial charge in [-0.25, -0.2) is 4.79 Å². The van der Waals surface area contributed by atoms with Crippen LogP contribution in [0.1, 0.15) is 45.4 Å². The van der Waals surface area contributed by atoms with Crippen LogP contribution in [0.15, 0.2) is 0 Å². The van der Waals surface area contributed by atoms with Crippen molar-refractivity contribution in [2.45, 2.75) is 51.5 Å². The first kappa shape index (κ1) is 17.5. The Labute approximate surface area is 167 Å². The molecule has 6 rings (SSSR count). The smallest absolute Gasteiger partial charge is 0.409 e. The number of carbonyl (C=O) groups excluding carboxylic acids is 2. The van der Waals surface area contributed by atoms with Crippen molar-refractivity contribution in [1.29, 1.82) is 0 Å². The molecule has 0 aromatic rings. The van der Waals surface area contributed by atoms with Crippen molar-refractivity contribution >= 4 is 12.0 Å². The first-order valence-corrected chi connectivity index (χ1v) is 11.5. The molecule has 154 valence electrons.